The molecule has 3 rings (SSSR count). The van der Waals surface area contributed by atoms with Crippen LogP contribution in [0.25, 0.3) is 10.9 Å². The molecule has 0 saturated carbocycles. The zero-order valence-electron chi connectivity index (χ0n) is 13.5. The van der Waals surface area contributed by atoms with E-state index >= 15 is 0 Å². The van der Waals surface area contributed by atoms with Crippen molar-refractivity contribution in [2.24, 2.45) is 0 Å². The first-order valence-electron chi connectivity index (χ1n) is 7.61. The van der Waals surface area contributed by atoms with E-state index in [-0.39, 0.29) is 0 Å². The van der Waals surface area contributed by atoms with Crippen molar-refractivity contribution in [3.8, 4) is 0 Å². The molecule has 23 heavy (non-hydrogen) atoms. The third-order valence-electron chi connectivity index (χ3n) is 4.08. The van der Waals surface area contributed by atoms with Crippen LogP contribution in [0.15, 0.2) is 48.5 Å². The number of hydrogen-bond acceptors (Lipinski definition) is 3. The van der Waals surface area contributed by atoms with Crippen LogP contribution in [-0.2, 0) is 9.09 Å². The molecule has 2 aromatic carbocycles. The summed E-state index contributed by atoms with van der Waals surface area (Å²) in [6, 6.07) is 14.9. The summed E-state index contributed by atoms with van der Waals surface area (Å²) in [5.41, 5.74) is 2.16. The molecule has 0 spiro atoms. The van der Waals surface area contributed by atoms with Crippen molar-refractivity contribution in [3.63, 3.8) is 0 Å². The Morgan fingerprint density at radius 3 is 2.43 bits per heavy atom. The van der Waals surface area contributed by atoms with Gasteiger partial charge in [-0.15, -0.1) is 0 Å². The normalized spacial score (nSPS) is 14.0. The average Bonchev–Trinajstić information content (AvgIpc) is 2.82. The lowest BCUT2D eigenvalue weighted by Crippen LogP contribution is -2.20. The Morgan fingerprint density at radius 1 is 1.09 bits per heavy atom. The van der Waals surface area contributed by atoms with Crippen molar-refractivity contribution in [2.45, 2.75) is 20.8 Å². The number of hydrogen-bond donors (Lipinski definition) is 1. The molecule has 0 fully saturated rings. The number of rotatable bonds is 4. The minimum Gasteiger partial charge on any atom is -0.428 e. The molecule has 1 aromatic heterocycles. The van der Waals surface area contributed by atoms with E-state index in [1.807, 2.05) is 62.4 Å². The van der Waals surface area contributed by atoms with Crippen molar-refractivity contribution < 1.29 is 14.3 Å². The summed E-state index contributed by atoms with van der Waals surface area (Å²) in [7, 11) is -3.29. The van der Waals surface area contributed by atoms with E-state index in [9.17, 15) is 9.77 Å². The number of benzene rings is 2. The van der Waals surface area contributed by atoms with Gasteiger partial charge in [0.2, 0.25) is 0 Å². The Labute approximate surface area is 135 Å². The van der Waals surface area contributed by atoms with Crippen molar-refractivity contribution in [3.05, 3.63) is 59.8 Å². The molecule has 4 nitrogen and oxygen atoms in total. The van der Waals surface area contributed by atoms with E-state index < -0.39 is 7.37 Å². The standard InChI is InChI=1S/C18H20NO3P/c1-4-22-23(21,15-10-6-5-7-11-15)18-14(3)19(20)16-12-8-9-13(2)17(16)18/h5-12,20H,4H2,1-3H3. The summed E-state index contributed by atoms with van der Waals surface area (Å²) in [5.74, 6) is 0. The van der Waals surface area contributed by atoms with E-state index in [1.165, 1.54) is 0 Å². The van der Waals surface area contributed by atoms with Crippen LogP contribution >= 0.6 is 7.37 Å². The third kappa shape index (κ3) is 2.39. The molecule has 1 atom stereocenters. The average molecular weight is 329 g/mol. The maximum absolute atomic E-state index is 13.9. The Kier molecular flexibility index (Phi) is 4.05. The zero-order valence-corrected chi connectivity index (χ0v) is 14.4. The summed E-state index contributed by atoms with van der Waals surface area (Å²) in [6.07, 6.45) is 0. The van der Waals surface area contributed by atoms with Gasteiger partial charge in [-0.05, 0) is 44.5 Å². The fourth-order valence-corrected chi connectivity index (χ4v) is 5.60. The molecule has 0 aliphatic carbocycles. The molecule has 0 radical (unpaired) electrons. The minimum atomic E-state index is -3.29. The van der Waals surface area contributed by atoms with Crippen LogP contribution < -0.4 is 10.6 Å². The second kappa shape index (κ2) is 5.88. The molecule has 5 heteroatoms. The summed E-state index contributed by atoms with van der Waals surface area (Å²) in [4.78, 5) is 0. The molecule has 1 heterocycles. The largest absolute Gasteiger partial charge is 0.428 e. The van der Waals surface area contributed by atoms with Gasteiger partial charge in [0.05, 0.1) is 23.1 Å². The summed E-state index contributed by atoms with van der Waals surface area (Å²) in [6.45, 7) is 5.88. The highest BCUT2D eigenvalue weighted by Crippen LogP contribution is 2.48. The first kappa shape index (κ1) is 15.9. The van der Waals surface area contributed by atoms with Crippen LogP contribution in [-0.4, -0.2) is 16.5 Å². The summed E-state index contributed by atoms with van der Waals surface area (Å²) in [5, 5.41) is 12.4. The van der Waals surface area contributed by atoms with Crippen molar-refractivity contribution in [2.75, 3.05) is 6.61 Å². The molecular weight excluding hydrogens is 309 g/mol. The highest BCUT2D eigenvalue weighted by molar-refractivity contribution is 7.75. The molecule has 1 unspecified atom stereocenters. The predicted octanol–water partition coefficient (Wildman–Crippen LogP) is 3.76. The molecule has 0 bridgehead atoms. The Bertz CT molecular complexity index is 900. The van der Waals surface area contributed by atoms with Crippen LogP contribution in [0.4, 0.5) is 0 Å². The smallest absolute Gasteiger partial charge is 0.263 e. The van der Waals surface area contributed by atoms with Gasteiger partial charge in [-0.3, -0.25) is 4.57 Å². The van der Waals surface area contributed by atoms with E-state index in [1.54, 1.807) is 6.92 Å². The molecule has 1 N–H and O–H groups in total. The summed E-state index contributed by atoms with van der Waals surface area (Å²) < 4.78 is 20.8. The van der Waals surface area contributed by atoms with Gasteiger partial charge in [-0.25, -0.2) is 0 Å². The van der Waals surface area contributed by atoms with Crippen LogP contribution in [0.1, 0.15) is 18.2 Å². The highest BCUT2D eigenvalue weighted by atomic mass is 31.2. The third-order valence-corrected chi connectivity index (χ3v) is 6.81. The van der Waals surface area contributed by atoms with Gasteiger partial charge >= 0.3 is 0 Å². The number of aromatic nitrogens is 1. The lowest BCUT2D eigenvalue weighted by Gasteiger charge is -2.19. The molecule has 0 saturated heterocycles. The fraction of sp³-hybridized carbons (Fsp3) is 0.222. The number of aryl methyl sites for hydroxylation is 1. The van der Waals surface area contributed by atoms with E-state index in [0.717, 1.165) is 15.7 Å². The predicted molar refractivity (Wildman–Crippen MR) is 93.5 cm³/mol. The zero-order chi connectivity index (χ0) is 16.6. The minimum absolute atomic E-state index is 0.329. The first-order valence-corrected chi connectivity index (χ1v) is 9.23. The lowest BCUT2D eigenvalue weighted by atomic mass is 10.1. The topological polar surface area (TPSA) is 51.5 Å². The molecule has 0 amide bonds. The first-order chi connectivity index (χ1) is 11.0. The van der Waals surface area contributed by atoms with Gasteiger partial charge in [0.25, 0.3) is 7.37 Å². The van der Waals surface area contributed by atoms with Crippen LogP contribution in [0.3, 0.4) is 0 Å². The van der Waals surface area contributed by atoms with Crippen molar-refractivity contribution in [1.29, 1.82) is 0 Å². The fourth-order valence-electron chi connectivity index (χ4n) is 3.03. The molecule has 0 aliphatic rings. The van der Waals surface area contributed by atoms with Crippen LogP contribution in [0.5, 0.6) is 0 Å². The molecule has 0 aliphatic heterocycles. The Morgan fingerprint density at radius 2 is 1.78 bits per heavy atom. The molecule has 120 valence electrons. The Balaban J connectivity index is 2.41. The van der Waals surface area contributed by atoms with Crippen LogP contribution in [0.2, 0.25) is 0 Å². The second-order valence-corrected chi connectivity index (χ2v) is 7.84. The quantitative estimate of drug-likeness (QED) is 0.586. The lowest BCUT2D eigenvalue weighted by molar-refractivity contribution is 0.194. The highest BCUT2D eigenvalue weighted by Gasteiger charge is 2.35. The van der Waals surface area contributed by atoms with Crippen molar-refractivity contribution in [1.82, 2.24) is 4.73 Å². The van der Waals surface area contributed by atoms with E-state index in [4.69, 9.17) is 4.52 Å². The van der Waals surface area contributed by atoms with Gasteiger partial charge in [0.15, 0.2) is 0 Å². The summed E-state index contributed by atoms with van der Waals surface area (Å²) >= 11 is 0. The Hall–Kier alpha value is -2.03. The van der Waals surface area contributed by atoms with Gasteiger partial charge < -0.3 is 9.73 Å². The van der Waals surface area contributed by atoms with Gasteiger partial charge in [0.1, 0.15) is 0 Å². The SMILES string of the molecule is CCOP(=O)(c1ccccc1)c1c(C)n(O)c2cccc(C)c12. The van der Waals surface area contributed by atoms with E-state index in [2.05, 4.69) is 0 Å². The van der Waals surface area contributed by atoms with Gasteiger partial charge in [-0.2, -0.15) is 4.73 Å². The van der Waals surface area contributed by atoms with Crippen LogP contribution in [0, 0.1) is 13.8 Å². The second-order valence-electron chi connectivity index (χ2n) is 5.52. The van der Waals surface area contributed by atoms with E-state index in [0.29, 0.717) is 28.4 Å². The maximum Gasteiger partial charge on any atom is 0.263 e. The van der Waals surface area contributed by atoms with Gasteiger partial charge in [0, 0.05) is 10.7 Å². The number of nitrogens with zero attached hydrogens (tertiary/aromatic N) is 1. The van der Waals surface area contributed by atoms with Crippen molar-refractivity contribution >= 4 is 28.9 Å². The monoisotopic (exact) mass is 329 g/mol. The molecular formula is C18H20NO3P. The maximum atomic E-state index is 13.9. The van der Waals surface area contributed by atoms with Gasteiger partial charge in [-0.1, -0.05) is 30.3 Å². The number of fused-ring (bicyclic) bond motifs is 1. The molecule has 3 aromatic rings.